The fourth-order valence-corrected chi connectivity index (χ4v) is 1.31. The van der Waals surface area contributed by atoms with Gasteiger partial charge in [-0.3, -0.25) is 4.68 Å². The zero-order valence-corrected chi connectivity index (χ0v) is 8.90. The molecule has 0 aromatic carbocycles. The maximum atomic E-state index is 8.95. The zero-order chi connectivity index (χ0) is 10.6. The van der Waals surface area contributed by atoms with Gasteiger partial charge in [0, 0.05) is 18.3 Å². The van der Waals surface area contributed by atoms with E-state index in [1.54, 1.807) is 0 Å². The highest BCUT2D eigenvalue weighted by molar-refractivity contribution is 4.94. The highest BCUT2D eigenvalue weighted by Gasteiger charge is 2.15. The van der Waals surface area contributed by atoms with Crippen molar-refractivity contribution < 1.29 is 5.11 Å². The van der Waals surface area contributed by atoms with Gasteiger partial charge in [0.1, 0.15) is 0 Å². The standard InChI is InChI=1S/C10H19N3O/c1-9-4-7-13(12-9)6-3-5-10(2,11)8-14/h4,7,14H,3,5-6,8,11H2,1-2H3. The highest BCUT2D eigenvalue weighted by Crippen LogP contribution is 2.08. The third-order valence-corrected chi connectivity index (χ3v) is 2.27. The lowest BCUT2D eigenvalue weighted by Gasteiger charge is -2.21. The van der Waals surface area contributed by atoms with E-state index in [-0.39, 0.29) is 6.61 Å². The zero-order valence-electron chi connectivity index (χ0n) is 8.90. The molecule has 4 heteroatoms. The molecular weight excluding hydrogens is 178 g/mol. The van der Waals surface area contributed by atoms with Crippen molar-refractivity contribution in [2.75, 3.05) is 6.61 Å². The van der Waals surface area contributed by atoms with Crippen LogP contribution in [0.3, 0.4) is 0 Å². The van der Waals surface area contributed by atoms with E-state index in [1.807, 2.05) is 30.8 Å². The number of nitrogens with two attached hydrogens (primary N) is 1. The van der Waals surface area contributed by atoms with Crippen LogP contribution >= 0.6 is 0 Å². The van der Waals surface area contributed by atoms with Crippen LogP contribution in [-0.2, 0) is 6.54 Å². The molecule has 3 N–H and O–H groups in total. The van der Waals surface area contributed by atoms with Crippen LogP contribution < -0.4 is 5.73 Å². The third-order valence-electron chi connectivity index (χ3n) is 2.27. The lowest BCUT2D eigenvalue weighted by atomic mass is 9.99. The Morgan fingerprint density at radius 1 is 1.64 bits per heavy atom. The Bertz CT molecular complexity index is 281. The van der Waals surface area contributed by atoms with Crippen molar-refractivity contribution in [2.45, 2.75) is 38.8 Å². The first-order valence-electron chi connectivity index (χ1n) is 4.93. The van der Waals surface area contributed by atoms with Crippen LogP contribution in [0.2, 0.25) is 0 Å². The number of aliphatic hydroxyl groups excluding tert-OH is 1. The van der Waals surface area contributed by atoms with E-state index in [0.717, 1.165) is 25.1 Å². The second-order valence-corrected chi connectivity index (χ2v) is 4.14. The highest BCUT2D eigenvalue weighted by atomic mass is 16.3. The van der Waals surface area contributed by atoms with Gasteiger partial charge in [-0.1, -0.05) is 0 Å². The molecule has 0 aliphatic heterocycles. The molecular formula is C10H19N3O. The van der Waals surface area contributed by atoms with Gasteiger partial charge in [-0.2, -0.15) is 5.10 Å². The second-order valence-electron chi connectivity index (χ2n) is 4.14. The quantitative estimate of drug-likeness (QED) is 0.729. The molecule has 80 valence electrons. The Balaban J connectivity index is 2.28. The maximum Gasteiger partial charge on any atom is 0.0608 e. The minimum atomic E-state index is -0.456. The van der Waals surface area contributed by atoms with Crippen molar-refractivity contribution in [1.29, 1.82) is 0 Å². The van der Waals surface area contributed by atoms with E-state index in [4.69, 9.17) is 10.8 Å². The lowest BCUT2D eigenvalue weighted by molar-refractivity contribution is 0.196. The number of aromatic nitrogens is 2. The Morgan fingerprint density at radius 3 is 2.86 bits per heavy atom. The summed E-state index contributed by atoms with van der Waals surface area (Å²) in [6, 6.07) is 1.98. The van der Waals surface area contributed by atoms with Gasteiger partial charge in [-0.25, -0.2) is 0 Å². The summed E-state index contributed by atoms with van der Waals surface area (Å²) in [5, 5.41) is 13.2. The summed E-state index contributed by atoms with van der Waals surface area (Å²) in [4.78, 5) is 0. The van der Waals surface area contributed by atoms with Crippen molar-refractivity contribution in [2.24, 2.45) is 5.73 Å². The molecule has 0 bridgehead atoms. The molecule has 1 aromatic heterocycles. The number of nitrogens with zero attached hydrogens (tertiary/aromatic N) is 2. The van der Waals surface area contributed by atoms with Crippen molar-refractivity contribution >= 4 is 0 Å². The van der Waals surface area contributed by atoms with E-state index in [9.17, 15) is 0 Å². The first-order chi connectivity index (χ1) is 6.53. The molecule has 1 rings (SSSR count). The Hall–Kier alpha value is -0.870. The minimum Gasteiger partial charge on any atom is -0.394 e. The van der Waals surface area contributed by atoms with Gasteiger partial charge in [0.15, 0.2) is 0 Å². The molecule has 0 saturated carbocycles. The first kappa shape index (κ1) is 11.2. The predicted molar refractivity (Wildman–Crippen MR) is 55.9 cm³/mol. The lowest BCUT2D eigenvalue weighted by Crippen LogP contribution is -2.40. The van der Waals surface area contributed by atoms with Crippen LogP contribution in [0.1, 0.15) is 25.5 Å². The molecule has 1 heterocycles. The van der Waals surface area contributed by atoms with E-state index < -0.39 is 5.54 Å². The van der Waals surface area contributed by atoms with Gasteiger partial charge >= 0.3 is 0 Å². The molecule has 0 fully saturated rings. The summed E-state index contributed by atoms with van der Waals surface area (Å²) < 4.78 is 1.91. The SMILES string of the molecule is Cc1ccn(CCCC(C)(N)CO)n1. The fourth-order valence-electron chi connectivity index (χ4n) is 1.31. The Labute approximate surface area is 84.7 Å². The van der Waals surface area contributed by atoms with E-state index in [2.05, 4.69) is 5.10 Å². The molecule has 0 spiro atoms. The first-order valence-corrected chi connectivity index (χ1v) is 4.93. The summed E-state index contributed by atoms with van der Waals surface area (Å²) in [7, 11) is 0. The normalized spacial score (nSPS) is 15.4. The maximum absolute atomic E-state index is 8.95. The van der Waals surface area contributed by atoms with Crippen LogP contribution in [-0.4, -0.2) is 27.0 Å². The van der Waals surface area contributed by atoms with Crippen LogP contribution in [0.4, 0.5) is 0 Å². The van der Waals surface area contributed by atoms with Gasteiger partial charge < -0.3 is 10.8 Å². The summed E-state index contributed by atoms with van der Waals surface area (Å²) >= 11 is 0. The average Bonchev–Trinajstić information content (AvgIpc) is 2.51. The number of rotatable bonds is 5. The molecule has 0 radical (unpaired) electrons. The van der Waals surface area contributed by atoms with E-state index in [1.165, 1.54) is 0 Å². The summed E-state index contributed by atoms with van der Waals surface area (Å²) in [6.07, 6.45) is 3.71. The van der Waals surface area contributed by atoms with Crippen molar-refractivity contribution in [3.8, 4) is 0 Å². The van der Waals surface area contributed by atoms with E-state index >= 15 is 0 Å². The van der Waals surface area contributed by atoms with Crippen LogP contribution in [0.15, 0.2) is 12.3 Å². The van der Waals surface area contributed by atoms with Gasteiger partial charge in [-0.05, 0) is 32.8 Å². The largest absolute Gasteiger partial charge is 0.394 e. The summed E-state index contributed by atoms with van der Waals surface area (Å²) in [5.41, 5.74) is 6.38. The van der Waals surface area contributed by atoms with Crippen molar-refractivity contribution in [3.63, 3.8) is 0 Å². The van der Waals surface area contributed by atoms with Crippen LogP contribution in [0.5, 0.6) is 0 Å². The summed E-state index contributed by atoms with van der Waals surface area (Å²) in [6.45, 7) is 4.73. The number of aryl methyl sites for hydroxylation is 2. The number of hydrogen-bond donors (Lipinski definition) is 2. The molecule has 0 aliphatic carbocycles. The van der Waals surface area contributed by atoms with E-state index in [0.29, 0.717) is 0 Å². The number of aliphatic hydroxyl groups is 1. The third kappa shape index (κ3) is 3.47. The van der Waals surface area contributed by atoms with Crippen molar-refractivity contribution in [3.05, 3.63) is 18.0 Å². The number of hydrogen-bond acceptors (Lipinski definition) is 3. The fraction of sp³-hybridized carbons (Fsp3) is 0.700. The Morgan fingerprint density at radius 2 is 2.36 bits per heavy atom. The predicted octanol–water partition coefficient (Wildman–Crippen LogP) is 0.681. The molecule has 4 nitrogen and oxygen atoms in total. The molecule has 0 amide bonds. The molecule has 14 heavy (non-hydrogen) atoms. The van der Waals surface area contributed by atoms with Crippen LogP contribution in [0.25, 0.3) is 0 Å². The molecule has 1 aromatic rings. The van der Waals surface area contributed by atoms with Gasteiger partial charge in [-0.15, -0.1) is 0 Å². The topological polar surface area (TPSA) is 64.1 Å². The molecule has 0 saturated heterocycles. The van der Waals surface area contributed by atoms with Crippen molar-refractivity contribution in [1.82, 2.24) is 9.78 Å². The minimum absolute atomic E-state index is 0.0329. The molecule has 1 unspecified atom stereocenters. The monoisotopic (exact) mass is 197 g/mol. The van der Waals surface area contributed by atoms with Crippen LogP contribution in [0, 0.1) is 6.92 Å². The van der Waals surface area contributed by atoms with Gasteiger partial charge in [0.2, 0.25) is 0 Å². The molecule has 1 atom stereocenters. The second kappa shape index (κ2) is 4.57. The van der Waals surface area contributed by atoms with Gasteiger partial charge in [0.25, 0.3) is 0 Å². The van der Waals surface area contributed by atoms with Gasteiger partial charge in [0.05, 0.1) is 12.3 Å². The summed E-state index contributed by atoms with van der Waals surface area (Å²) in [5.74, 6) is 0. The Kier molecular flexibility index (Phi) is 3.66. The average molecular weight is 197 g/mol. The molecule has 0 aliphatic rings. The smallest absolute Gasteiger partial charge is 0.0608 e.